The lowest BCUT2D eigenvalue weighted by Gasteiger charge is -2.60. The molecule has 2 saturated carbocycles. The van der Waals surface area contributed by atoms with Gasteiger partial charge in [-0.05, 0) is 54.3 Å². The molecule has 2 aliphatic carbocycles. The quantitative estimate of drug-likeness (QED) is 0.605. The van der Waals surface area contributed by atoms with Crippen molar-refractivity contribution >= 4 is 0 Å². The van der Waals surface area contributed by atoms with Crippen molar-refractivity contribution in [1.82, 2.24) is 0 Å². The zero-order chi connectivity index (χ0) is 12.3. The Hall–Kier alpha value is -0.0400. The first kappa shape index (κ1) is 12.0. The fourth-order valence-corrected chi connectivity index (χ4v) is 5.66. The van der Waals surface area contributed by atoms with Gasteiger partial charge < -0.3 is 4.74 Å². The lowest BCUT2D eigenvalue weighted by Crippen LogP contribution is -2.56. The van der Waals surface area contributed by atoms with E-state index in [0.29, 0.717) is 22.3 Å². The standard InChI is InChI=1S/C16H28O/c1-14(2)7-5-8-16(4)12(14)6-9-15(3)10-11-17-13(15)16/h12-13H,5-11H2,1-4H3/t12-,13+,15-,16-/m0/s1. The topological polar surface area (TPSA) is 9.23 Å². The molecule has 17 heavy (non-hydrogen) atoms. The van der Waals surface area contributed by atoms with Crippen LogP contribution in [0, 0.1) is 22.2 Å². The van der Waals surface area contributed by atoms with E-state index in [9.17, 15) is 0 Å². The van der Waals surface area contributed by atoms with Crippen LogP contribution in [0.15, 0.2) is 0 Å². The van der Waals surface area contributed by atoms with Crippen molar-refractivity contribution in [3.8, 4) is 0 Å². The molecule has 3 fully saturated rings. The zero-order valence-corrected chi connectivity index (χ0v) is 12.0. The number of hydrogen-bond acceptors (Lipinski definition) is 1. The molecule has 0 unspecified atom stereocenters. The summed E-state index contributed by atoms with van der Waals surface area (Å²) >= 11 is 0. The first-order valence-corrected chi connectivity index (χ1v) is 7.50. The minimum Gasteiger partial charge on any atom is -0.377 e. The summed E-state index contributed by atoms with van der Waals surface area (Å²) in [6.45, 7) is 11.0. The molecule has 0 spiro atoms. The maximum atomic E-state index is 6.23. The summed E-state index contributed by atoms with van der Waals surface area (Å²) in [6, 6.07) is 0. The first-order chi connectivity index (χ1) is 7.89. The Kier molecular flexibility index (Phi) is 2.47. The highest BCUT2D eigenvalue weighted by atomic mass is 16.5. The maximum absolute atomic E-state index is 6.23. The van der Waals surface area contributed by atoms with E-state index in [1.165, 1.54) is 38.5 Å². The van der Waals surface area contributed by atoms with Crippen LogP contribution in [-0.2, 0) is 4.74 Å². The molecule has 3 rings (SSSR count). The largest absolute Gasteiger partial charge is 0.377 e. The predicted octanol–water partition coefficient (Wildman–Crippen LogP) is 4.41. The second-order valence-electron chi connectivity index (χ2n) is 8.09. The van der Waals surface area contributed by atoms with Gasteiger partial charge in [0.05, 0.1) is 6.10 Å². The summed E-state index contributed by atoms with van der Waals surface area (Å²) in [5.74, 6) is 0.875. The third-order valence-corrected chi connectivity index (χ3v) is 6.47. The number of hydrogen-bond donors (Lipinski definition) is 0. The van der Waals surface area contributed by atoms with Gasteiger partial charge in [0.1, 0.15) is 0 Å². The van der Waals surface area contributed by atoms with E-state index >= 15 is 0 Å². The van der Waals surface area contributed by atoms with E-state index in [0.717, 1.165) is 12.5 Å². The van der Waals surface area contributed by atoms with Gasteiger partial charge in [-0.2, -0.15) is 0 Å². The van der Waals surface area contributed by atoms with Gasteiger partial charge >= 0.3 is 0 Å². The summed E-state index contributed by atoms with van der Waals surface area (Å²) in [5, 5.41) is 0. The van der Waals surface area contributed by atoms with Gasteiger partial charge in [0.25, 0.3) is 0 Å². The Morgan fingerprint density at radius 1 is 0.941 bits per heavy atom. The summed E-state index contributed by atoms with van der Waals surface area (Å²) in [6.07, 6.45) is 8.85. The summed E-state index contributed by atoms with van der Waals surface area (Å²) in [4.78, 5) is 0. The Balaban J connectivity index is 1.98. The van der Waals surface area contributed by atoms with E-state index in [2.05, 4.69) is 27.7 Å². The van der Waals surface area contributed by atoms with E-state index < -0.39 is 0 Å². The molecule has 1 saturated heterocycles. The molecule has 0 N–H and O–H groups in total. The molecule has 4 atom stereocenters. The van der Waals surface area contributed by atoms with Gasteiger partial charge in [-0.25, -0.2) is 0 Å². The van der Waals surface area contributed by atoms with Crippen molar-refractivity contribution in [1.29, 1.82) is 0 Å². The number of rotatable bonds is 0. The molecule has 0 amide bonds. The van der Waals surface area contributed by atoms with Crippen LogP contribution in [0.25, 0.3) is 0 Å². The van der Waals surface area contributed by atoms with Crippen LogP contribution in [0.4, 0.5) is 0 Å². The third-order valence-electron chi connectivity index (χ3n) is 6.47. The highest BCUT2D eigenvalue weighted by Gasteiger charge is 2.60. The Labute approximate surface area is 106 Å². The summed E-state index contributed by atoms with van der Waals surface area (Å²) < 4.78 is 6.23. The molecule has 1 aliphatic heterocycles. The molecule has 1 heteroatoms. The van der Waals surface area contributed by atoms with Gasteiger partial charge in [-0.15, -0.1) is 0 Å². The molecule has 1 heterocycles. The predicted molar refractivity (Wildman–Crippen MR) is 70.9 cm³/mol. The van der Waals surface area contributed by atoms with Crippen molar-refractivity contribution in [3.63, 3.8) is 0 Å². The Morgan fingerprint density at radius 3 is 2.47 bits per heavy atom. The van der Waals surface area contributed by atoms with Crippen LogP contribution in [0.5, 0.6) is 0 Å². The van der Waals surface area contributed by atoms with Crippen LogP contribution in [0.1, 0.15) is 66.2 Å². The lowest BCUT2D eigenvalue weighted by molar-refractivity contribution is -0.156. The van der Waals surface area contributed by atoms with E-state index in [-0.39, 0.29) is 0 Å². The summed E-state index contributed by atoms with van der Waals surface area (Å²) in [7, 11) is 0. The van der Waals surface area contributed by atoms with Crippen molar-refractivity contribution in [3.05, 3.63) is 0 Å². The minimum atomic E-state index is 0.450. The van der Waals surface area contributed by atoms with Gasteiger partial charge in [0.15, 0.2) is 0 Å². The van der Waals surface area contributed by atoms with Gasteiger partial charge in [-0.3, -0.25) is 0 Å². The molecule has 1 nitrogen and oxygen atoms in total. The maximum Gasteiger partial charge on any atom is 0.0685 e. The van der Waals surface area contributed by atoms with Crippen molar-refractivity contribution in [2.24, 2.45) is 22.2 Å². The minimum absolute atomic E-state index is 0.450. The first-order valence-electron chi connectivity index (χ1n) is 7.50. The highest BCUT2D eigenvalue weighted by molar-refractivity contribution is 5.09. The smallest absolute Gasteiger partial charge is 0.0685 e. The molecule has 0 radical (unpaired) electrons. The van der Waals surface area contributed by atoms with E-state index in [1.807, 2.05) is 0 Å². The van der Waals surface area contributed by atoms with Gasteiger partial charge in [0, 0.05) is 6.61 Å². The molecule has 0 aromatic rings. The normalized spacial score (nSPS) is 52.9. The molecule has 98 valence electrons. The lowest BCUT2D eigenvalue weighted by atomic mass is 9.46. The average molecular weight is 236 g/mol. The van der Waals surface area contributed by atoms with Crippen molar-refractivity contribution in [2.45, 2.75) is 72.3 Å². The van der Waals surface area contributed by atoms with Crippen LogP contribution < -0.4 is 0 Å². The van der Waals surface area contributed by atoms with Crippen LogP contribution in [0.2, 0.25) is 0 Å². The number of ether oxygens (including phenoxy) is 1. The highest BCUT2D eigenvalue weighted by Crippen LogP contribution is 2.64. The van der Waals surface area contributed by atoms with Gasteiger partial charge in [-0.1, -0.05) is 34.1 Å². The molecule has 0 aromatic heterocycles. The summed E-state index contributed by atoms with van der Waals surface area (Å²) in [5.41, 5.74) is 1.46. The Bertz CT molecular complexity index is 317. The molecule has 0 aromatic carbocycles. The molecular weight excluding hydrogens is 208 g/mol. The van der Waals surface area contributed by atoms with Crippen molar-refractivity contribution in [2.75, 3.05) is 6.61 Å². The van der Waals surface area contributed by atoms with E-state index in [1.54, 1.807) is 0 Å². The van der Waals surface area contributed by atoms with Gasteiger partial charge in [0.2, 0.25) is 0 Å². The fourth-order valence-electron chi connectivity index (χ4n) is 5.66. The Morgan fingerprint density at radius 2 is 1.71 bits per heavy atom. The van der Waals surface area contributed by atoms with E-state index in [4.69, 9.17) is 4.74 Å². The van der Waals surface area contributed by atoms with Crippen molar-refractivity contribution < 1.29 is 4.74 Å². The second-order valence-corrected chi connectivity index (χ2v) is 8.09. The molecule has 3 aliphatic rings. The van der Waals surface area contributed by atoms with Crippen LogP contribution >= 0.6 is 0 Å². The zero-order valence-electron chi connectivity index (χ0n) is 12.0. The number of fused-ring (bicyclic) bond motifs is 3. The SMILES string of the molecule is CC1(C)CCC[C@]2(C)[C@@H]3OCC[C@]3(C)CC[C@@H]12. The average Bonchev–Trinajstić information content (AvgIpc) is 2.60. The monoisotopic (exact) mass is 236 g/mol. The fraction of sp³-hybridized carbons (Fsp3) is 1.00. The van der Waals surface area contributed by atoms with Crippen LogP contribution in [-0.4, -0.2) is 12.7 Å². The molecular formula is C16H28O. The molecule has 0 bridgehead atoms. The van der Waals surface area contributed by atoms with Crippen LogP contribution in [0.3, 0.4) is 0 Å². The second kappa shape index (κ2) is 3.50. The third kappa shape index (κ3) is 1.54.